The van der Waals surface area contributed by atoms with Gasteiger partial charge in [0.1, 0.15) is 12.2 Å². The van der Waals surface area contributed by atoms with E-state index in [4.69, 9.17) is 9.47 Å². The first-order valence-corrected chi connectivity index (χ1v) is 6.67. The fourth-order valence-electron chi connectivity index (χ4n) is 2.09. The van der Waals surface area contributed by atoms with Gasteiger partial charge in [-0.25, -0.2) is 13.6 Å². The van der Waals surface area contributed by atoms with E-state index in [-0.39, 0.29) is 29.7 Å². The van der Waals surface area contributed by atoms with Crippen molar-refractivity contribution in [3.8, 4) is 0 Å². The summed E-state index contributed by atoms with van der Waals surface area (Å²) in [6.45, 7) is 2.32. The Balaban J connectivity index is 2.57. The van der Waals surface area contributed by atoms with Gasteiger partial charge >= 0.3 is 5.97 Å². The smallest absolute Gasteiger partial charge is 0.343 e. The average molecular weight is 311 g/mol. The lowest BCUT2D eigenvalue weighted by atomic mass is 10.1. The van der Waals surface area contributed by atoms with E-state index in [9.17, 15) is 18.4 Å². The van der Waals surface area contributed by atoms with Gasteiger partial charge in [-0.15, -0.1) is 0 Å². The Morgan fingerprint density at radius 1 is 1.23 bits per heavy atom. The number of aromatic nitrogens is 1. The lowest BCUT2D eigenvalue weighted by Gasteiger charge is -2.11. The zero-order chi connectivity index (χ0) is 16.3. The van der Waals surface area contributed by atoms with Gasteiger partial charge in [0.25, 0.3) is 0 Å². The highest BCUT2D eigenvalue weighted by Crippen LogP contribution is 2.17. The Morgan fingerprint density at radius 3 is 2.55 bits per heavy atom. The number of carbonyl (C=O) groups excluding carboxylic acids is 1. The van der Waals surface area contributed by atoms with E-state index in [1.165, 1.54) is 17.9 Å². The molecule has 1 aromatic heterocycles. The Morgan fingerprint density at radius 2 is 1.91 bits per heavy atom. The largest absolute Gasteiger partial charge is 0.460 e. The standard InChI is InChI=1S/C15H15F2NO4/c1-3-18-8-10(15(20)22-5-4-21-2)14(19)9-6-11(16)12(17)7-13(9)18/h6-8H,3-5H2,1-2H3. The van der Waals surface area contributed by atoms with Crippen LogP contribution in [-0.2, 0) is 16.0 Å². The van der Waals surface area contributed by atoms with E-state index in [0.29, 0.717) is 6.54 Å². The molecule has 2 rings (SSSR count). The van der Waals surface area contributed by atoms with Crippen LogP contribution in [0.2, 0.25) is 0 Å². The van der Waals surface area contributed by atoms with Crippen LogP contribution >= 0.6 is 0 Å². The topological polar surface area (TPSA) is 57.5 Å². The number of pyridine rings is 1. The van der Waals surface area contributed by atoms with E-state index in [1.54, 1.807) is 6.92 Å². The summed E-state index contributed by atoms with van der Waals surface area (Å²) >= 11 is 0. The predicted molar refractivity (Wildman–Crippen MR) is 76.0 cm³/mol. The van der Waals surface area contributed by atoms with Crippen molar-refractivity contribution < 1.29 is 23.0 Å². The number of fused-ring (bicyclic) bond motifs is 1. The van der Waals surface area contributed by atoms with Crippen molar-refractivity contribution in [2.75, 3.05) is 20.3 Å². The minimum atomic E-state index is -1.14. The average Bonchev–Trinajstić information content (AvgIpc) is 2.50. The van der Waals surface area contributed by atoms with Crippen LogP contribution in [0.1, 0.15) is 17.3 Å². The maximum absolute atomic E-state index is 13.4. The quantitative estimate of drug-likeness (QED) is 0.627. The van der Waals surface area contributed by atoms with Gasteiger partial charge in [0, 0.05) is 31.3 Å². The number of halogens is 2. The predicted octanol–water partition coefficient (Wildman–Crippen LogP) is 2.10. The number of esters is 1. The number of hydrogen-bond donors (Lipinski definition) is 0. The summed E-state index contributed by atoms with van der Waals surface area (Å²) < 4.78 is 37.9. The molecule has 0 aliphatic rings. The molecule has 0 unspecified atom stereocenters. The van der Waals surface area contributed by atoms with Crippen LogP contribution in [0.25, 0.3) is 10.9 Å². The molecule has 0 spiro atoms. The van der Waals surface area contributed by atoms with Crippen molar-refractivity contribution in [3.05, 3.63) is 45.8 Å². The van der Waals surface area contributed by atoms with Gasteiger partial charge in [-0.05, 0) is 13.0 Å². The van der Waals surface area contributed by atoms with Crippen LogP contribution in [0.4, 0.5) is 8.78 Å². The number of methoxy groups -OCH3 is 1. The Kier molecular flexibility index (Phi) is 4.87. The van der Waals surface area contributed by atoms with Crippen LogP contribution < -0.4 is 5.43 Å². The number of rotatable bonds is 5. The van der Waals surface area contributed by atoms with Crippen molar-refractivity contribution in [1.29, 1.82) is 0 Å². The van der Waals surface area contributed by atoms with Gasteiger partial charge in [0.2, 0.25) is 5.43 Å². The Labute approximate surface area is 125 Å². The first-order chi connectivity index (χ1) is 10.5. The molecule has 22 heavy (non-hydrogen) atoms. The number of hydrogen-bond acceptors (Lipinski definition) is 4. The molecular formula is C15H15F2NO4. The SMILES string of the molecule is CCn1cc(C(=O)OCCOC)c(=O)c2cc(F)c(F)cc21. The third kappa shape index (κ3) is 2.99. The number of ether oxygens (including phenoxy) is 2. The van der Waals surface area contributed by atoms with Gasteiger partial charge in [-0.1, -0.05) is 0 Å². The van der Waals surface area contributed by atoms with Gasteiger partial charge in [0.15, 0.2) is 11.6 Å². The summed E-state index contributed by atoms with van der Waals surface area (Å²) in [7, 11) is 1.45. The first kappa shape index (κ1) is 16.1. The first-order valence-electron chi connectivity index (χ1n) is 6.67. The van der Waals surface area contributed by atoms with Crippen molar-refractivity contribution in [2.45, 2.75) is 13.5 Å². The molecule has 118 valence electrons. The maximum Gasteiger partial charge on any atom is 0.343 e. The monoisotopic (exact) mass is 311 g/mol. The third-order valence-electron chi connectivity index (χ3n) is 3.20. The second-order valence-corrected chi connectivity index (χ2v) is 4.57. The molecule has 0 aliphatic carbocycles. The molecule has 5 nitrogen and oxygen atoms in total. The molecule has 0 radical (unpaired) electrons. The molecule has 7 heteroatoms. The molecule has 2 aromatic rings. The lowest BCUT2D eigenvalue weighted by molar-refractivity contribution is 0.0386. The molecule has 0 bridgehead atoms. The molecule has 0 amide bonds. The lowest BCUT2D eigenvalue weighted by Crippen LogP contribution is -2.22. The van der Waals surface area contributed by atoms with Crippen molar-refractivity contribution in [3.63, 3.8) is 0 Å². The molecule has 0 atom stereocenters. The maximum atomic E-state index is 13.4. The van der Waals surface area contributed by atoms with Crippen LogP contribution in [0, 0.1) is 11.6 Å². The van der Waals surface area contributed by atoms with Gasteiger partial charge < -0.3 is 14.0 Å². The fourth-order valence-corrected chi connectivity index (χ4v) is 2.09. The summed E-state index contributed by atoms with van der Waals surface area (Å²) in [5.41, 5.74) is -0.697. The minimum absolute atomic E-state index is 0.00326. The highest BCUT2D eigenvalue weighted by molar-refractivity contribution is 5.93. The Bertz CT molecular complexity index is 770. The number of aryl methyl sites for hydroxylation is 1. The highest BCUT2D eigenvalue weighted by atomic mass is 19.2. The minimum Gasteiger partial charge on any atom is -0.460 e. The van der Waals surface area contributed by atoms with E-state index < -0.39 is 23.0 Å². The van der Waals surface area contributed by atoms with Crippen molar-refractivity contribution >= 4 is 16.9 Å². The molecule has 0 saturated carbocycles. The summed E-state index contributed by atoms with van der Waals surface area (Å²) in [5.74, 6) is -3.02. The van der Waals surface area contributed by atoms with Gasteiger partial charge in [-0.3, -0.25) is 4.79 Å². The van der Waals surface area contributed by atoms with Crippen molar-refractivity contribution in [2.24, 2.45) is 0 Å². The normalized spacial score (nSPS) is 10.9. The molecule has 0 aliphatic heterocycles. The van der Waals surface area contributed by atoms with Gasteiger partial charge in [-0.2, -0.15) is 0 Å². The summed E-state index contributed by atoms with van der Waals surface area (Å²) in [5, 5.41) is -0.0676. The van der Waals surface area contributed by atoms with Crippen LogP contribution in [0.15, 0.2) is 23.1 Å². The van der Waals surface area contributed by atoms with E-state index in [0.717, 1.165) is 12.1 Å². The fraction of sp³-hybridized carbons (Fsp3) is 0.333. The van der Waals surface area contributed by atoms with Gasteiger partial charge in [0.05, 0.1) is 12.1 Å². The molecule has 0 N–H and O–H groups in total. The number of nitrogens with zero attached hydrogens (tertiary/aromatic N) is 1. The number of benzene rings is 1. The van der Waals surface area contributed by atoms with Crippen LogP contribution in [0.3, 0.4) is 0 Å². The summed E-state index contributed by atoms with van der Waals surface area (Å²) in [4.78, 5) is 24.2. The second-order valence-electron chi connectivity index (χ2n) is 4.57. The zero-order valence-corrected chi connectivity index (χ0v) is 12.2. The van der Waals surface area contributed by atoms with E-state index >= 15 is 0 Å². The molecule has 0 fully saturated rings. The molecular weight excluding hydrogens is 296 g/mol. The van der Waals surface area contributed by atoms with E-state index in [2.05, 4.69) is 0 Å². The Hall–Kier alpha value is -2.28. The van der Waals surface area contributed by atoms with Crippen molar-refractivity contribution in [1.82, 2.24) is 4.57 Å². The summed E-state index contributed by atoms with van der Waals surface area (Å²) in [6.07, 6.45) is 1.29. The van der Waals surface area contributed by atoms with Crippen LogP contribution in [0.5, 0.6) is 0 Å². The summed E-state index contributed by atoms with van der Waals surface area (Å²) in [6, 6.07) is 1.74. The molecule has 0 saturated heterocycles. The molecule has 1 heterocycles. The molecule has 1 aromatic carbocycles. The van der Waals surface area contributed by atoms with E-state index in [1.807, 2.05) is 0 Å². The third-order valence-corrected chi connectivity index (χ3v) is 3.20. The van der Waals surface area contributed by atoms with Crippen LogP contribution in [-0.4, -0.2) is 30.9 Å². The highest BCUT2D eigenvalue weighted by Gasteiger charge is 2.18. The second kappa shape index (κ2) is 6.65. The zero-order valence-electron chi connectivity index (χ0n) is 12.2. The number of carbonyl (C=O) groups is 1.